The molecule has 0 saturated heterocycles. The maximum absolute atomic E-state index is 14.2. The molecule has 0 atom stereocenters. The van der Waals surface area contributed by atoms with E-state index in [0.717, 1.165) is 37.2 Å². The lowest BCUT2D eigenvalue weighted by molar-refractivity contribution is -0.195. The summed E-state index contributed by atoms with van der Waals surface area (Å²) in [6, 6.07) is 6.98. The van der Waals surface area contributed by atoms with Crippen molar-refractivity contribution in [2.75, 3.05) is 6.61 Å². The van der Waals surface area contributed by atoms with E-state index in [1.54, 1.807) is 12.1 Å². The Hall–Kier alpha value is -2.71. The van der Waals surface area contributed by atoms with Gasteiger partial charge >= 0.3 is 12.3 Å². The summed E-state index contributed by atoms with van der Waals surface area (Å²) in [5, 5.41) is 0. The number of hydrogen-bond donors (Lipinski definition) is 0. The molecular formula is C34H41F7O2. The fourth-order valence-electron chi connectivity index (χ4n) is 6.40. The van der Waals surface area contributed by atoms with Gasteiger partial charge in [0, 0.05) is 12.1 Å². The molecule has 0 aliphatic heterocycles. The van der Waals surface area contributed by atoms with E-state index in [9.17, 15) is 30.7 Å². The van der Waals surface area contributed by atoms with E-state index in [0.29, 0.717) is 17.8 Å². The van der Waals surface area contributed by atoms with Gasteiger partial charge in [-0.1, -0.05) is 56.9 Å². The molecule has 0 N–H and O–H groups in total. The molecule has 0 unspecified atom stereocenters. The lowest BCUT2D eigenvalue weighted by Gasteiger charge is -2.29. The summed E-state index contributed by atoms with van der Waals surface area (Å²) in [5.74, 6) is -2.43. The maximum atomic E-state index is 14.2. The van der Waals surface area contributed by atoms with Crippen molar-refractivity contribution in [3.63, 3.8) is 0 Å². The average molecular weight is 615 g/mol. The highest BCUT2D eigenvalue weighted by Crippen LogP contribution is 2.39. The molecule has 2 aliphatic carbocycles. The van der Waals surface area contributed by atoms with Gasteiger partial charge in [-0.3, -0.25) is 0 Å². The first kappa shape index (κ1) is 33.2. The number of alkyl halides is 5. The van der Waals surface area contributed by atoms with Crippen molar-refractivity contribution in [3.05, 3.63) is 71.3 Å². The van der Waals surface area contributed by atoms with Crippen LogP contribution in [-0.2, 0) is 6.18 Å². The van der Waals surface area contributed by atoms with E-state index < -0.39 is 41.8 Å². The molecule has 2 fully saturated rings. The van der Waals surface area contributed by atoms with Crippen molar-refractivity contribution in [3.8, 4) is 11.5 Å². The van der Waals surface area contributed by atoms with Crippen molar-refractivity contribution in [2.45, 2.75) is 102 Å². The lowest BCUT2D eigenvalue weighted by atomic mass is 9.77. The van der Waals surface area contributed by atoms with Gasteiger partial charge in [-0.2, -0.15) is 22.0 Å². The maximum Gasteiger partial charge on any atom is 0.433 e. The summed E-state index contributed by atoms with van der Waals surface area (Å²) in [4.78, 5) is 0. The third-order valence-electron chi connectivity index (χ3n) is 8.86. The van der Waals surface area contributed by atoms with Gasteiger partial charge in [0.2, 0.25) is 0 Å². The molecule has 4 rings (SSSR count). The van der Waals surface area contributed by atoms with Crippen LogP contribution in [0.25, 0.3) is 0 Å². The molecule has 0 aromatic heterocycles. The Labute approximate surface area is 249 Å². The molecule has 2 nitrogen and oxygen atoms in total. The van der Waals surface area contributed by atoms with Crippen molar-refractivity contribution in [1.29, 1.82) is 0 Å². The van der Waals surface area contributed by atoms with E-state index in [1.165, 1.54) is 51.4 Å². The molecule has 2 aliphatic rings. The highest BCUT2D eigenvalue weighted by molar-refractivity contribution is 5.33. The molecule has 9 heteroatoms. The lowest BCUT2D eigenvalue weighted by Crippen LogP contribution is -2.32. The number of halogens is 7. The van der Waals surface area contributed by atoms with Crippen LogP contribution >= 0.6 is 0 Å². The number of benzene rings is 2. The topological polar surface area (TPSA) is 18.5 Å². The third kappa shape index (κ3) is 9.90. The molecule has 2 aromatic rings. The van der Waals surface area contributed by atoms with Crippen LogP contribution in [0, 0.1) is 29.4 Å². The highest BCUT2D eigenvalue weighted by atomic mass is 19.4. The Morgan fingerprint density at radius 1 is 0.744 bits per heavy atom. The largest absolute Gasteiger partial charge is 0.483 e. The van der Waals surface area contributed by atoms with Crippen molar-refractivity contribution in [1.82, 2.24) is 0 Å². The van der Waals surface area contributed by atoms with Crippen LogP contribution in [0.3, 0.4) is 0 Å². The molecule has 43 heavy (non-hydrogen) atoms. The van der Waals surface area contributed by atoms with Crippen LogP contribution in [0.1, 0.15) is 101 Å². The number of allylic oxidation sites excluding steroid dienone is 2. The Balaban J connectivity index is 1.20. The summed E-state index contributed by atoms with van der Waals surface area (Å²) >= 11 is 0. The van der Waals surface area contributed by atoms with Gasteiger partial charge in [0.15, 0.2) is 6.61 Å². The number of unbranched alkanes of at least 4 members (excludes halogenated alkanes) is 2. The zero-order valence-corrected chi connectivity index (χ0v) is 24.6. The average Bonchev–Trinajstić information content (AvgIpc) is 2.95. The molecular weight excluding hydrogens is 573 g/mol. The monoisotopic (exact) mass is 614 g/mol. The fourth-order valence-corrected chi connectivity index (χ4v) is 6.40. The standard InChI is InChI=1S/C34H41F7O2/c1-2-3-4-5-23-6-8-24(9-7-23)10-11-25-12-14-26(15-13-25)27-16-18-28(19-17-27)42-22-33(37,38)43-29-20-30(35)32(31(36)21-29)34(39,40)41/h10-11,16-21,23-26H,2-9,12-15,22H2,1H3. The third-order valence-corrected chi connectivity index (χ3v) is 8.86. The summed E-state index contributed by atoms with van der Waals surface area (Å²) in [6.07, 6.45) is 10.6. The number of ether oxygens (including phenoxy) is 2. The van der Waals surface area contributed by atoms with Crippen LogP contribution in [0.4, 0.5) is 30.7 Å². The van der Waals surface area contributed by atoms with E-state index in [4.69, 9.17) is 4.74 Å². The molecule has 0 bridgehead atoms. The fraction of sp³-hybridized carbons (Fsp3) is 0.588. The normalized spacial score (nSPS) is 23.4. The molecule has 2 aromatic carbocycles. The zero-order valence-electron chi connectivity index (χ0n) is 24.6. The molecule has 238 valence electrons. The van der Waals surface area contributed by atoms with Gasteiger partial charge in [-0.25, -0.2) is 8.78 Å². The minimum atomic E-state index is -5.31. The first-order valence-electron chi connectivity index (χ1n) is 15.5. The first-order chi connectivity index (χ1) is 20.4. The summed E-state index contributed by atoms with van der Waals surface area (Å²) in [5.41, 5.74) is -1.06. The van der Waals surface area contributed by atoms with E-state index in [2.05, 4.69) is 23.8 Å². The van der Waals surface area contributed by atoms with Crippen molar-refractivity contribution in [2.24, 2.45) is 17.8 Å². The van der Waals surface area contributed by atoms with E-state index in [-0.39, 0.29) is 17.9 Å². The molecule has 0 amide bonds. The Kier molecular flexibility index (Phi) is 11.5. The quantitative estimate of drug-likeness (QED) is 0.135. The predicted molar refractivity (Wildman–Crippen MR) is 152 cm³/mol. The number of rotatable bonds is 12. The molecule has 0 heterocycles. The Morgan fingerprint density at radius 2 is 1.30 bits per heavy atom. The summed E-state index contributed by atoms with van der Waals surface area (Å²) < 4.78 is 103. The summed E-state index contributed by atoms with van der Waals surface area (Å²) in [6.45, 7) is 0.957. The van der Waals surface area contributed by atoms with Crippen molar-refractivity contribution >= 4 is 0 Å². The SMILES string of the molecule is CCCCCC1CCC(C=CC2CCC(c3ccc(OCC(F)(F)Oc4cc(F)c(C(F)(F)F)c(F)c4)cc3)CC2)CC1. The van der Waals surface area contributed by atoms with Crippen LogP contribution < -0.4 is 9.47 Å². The van der Waals surface area contributed by atoms with Gasteiger partial charge < -0.3 is 9.47 Å². The van der Waals surface area contributed by atoms with Crippen molar-refractivity contribution < 1.29 is 40.2 Å². The second-order valence-electron chi connectivity index (χ2n) is 12.1. The minimum Gasteiger partial charge on any atom is -0.483 e. The number of hydrogen-bond acceptors (Lipinski definition) is 2. The van der Waals surface area contributed by atoms with E-state index >= 15 is 0 Å². The van der Waals surface area contributed by atoms with E-state index in [1.807, 2.05) is 12.1 Å². The smallest absolute Gasteiger partial charge is 0.433 e. The van der Waals surface area contributed by atoms with Gasteiger partial charge in [0.25, 0.3) is 0 Å². The van der Waals surface area contributed by atoms with Crippen LogP contribution in [0.5, 0.6) is 11.5 Å². The highest BCUT2D eigenvalue weighted by Gasteiger charge is 2.39. The zero-order chi connectivity index (χ0) is 31.0. The van der Waals surface area contributed by atoms with Crippen LogP contribution in [-0.4, -0.2) is 12.7 Å². The van der Waals surface area contributed by atoms with Gasteiger partial charge in [-0.15, -0.1) is 0 Å². The van der Waals surface area contributed by atoms with Crippen LogP contribution in [0.2, 0.25) is 0 Å². The Bertz CT molecular complexity index is 1150. The van der Waals surface area contributed by atoms with Gasteiger partial charge in [0.1, 0.15) is 28.7 Å². The minimum absolute atomic E-state index is 0.0690. The molecule has 0 radical (unpaired) electrons. The second-order valence-corrected chi connectivity index (χ2v) is 12.1. The van der Waals surface area contributed by atoms with Crippen LogP contribution in [0.15, 0.2) is 48.6 Å². The second kappa shape index (κ2) is 14.8. The predicted octanol–water partition coefficient (Wildman–Crippen LogP) is 11.3. The first-order valence-corrected chi connectivity index (χ1v) is 15.5. The Morgan fingerprint density at radius 3 is 1.84 bits per heavy atom. The molecule has 2 saturated carbocycles. The van der Waals surface area contributed by atoms with Gasteiger partial charge in [0.05, 0.1) is 0 Å². The summed E-state index contributed by atoms with van der Waals surface area (Å²) in [7, 11) is 0. The molecule has 0 spiro atoms. The van der Waals surface area contributed by atoms with Gasteiger partial charge in [-0.05, 0) is 92.7 Å².